The number of benzene rings is 1. The number of ether oxygens (including phenoxy) is 1. The fourth-order valence-electron chi connectivity index (χ4n) is 2.22. The monoisotopic (exact) mass is 278 g/mol. The Morgan fingerprint density at radius 2 is 1.80 bits per heavy atom. The van der Waals surface area contributed by atoms with Crippen molar-refractivity contribution in [1.29, 1.82) is 0 Å². The van der Waals surface area contributed by atoms with E-state index in [9.17, 15) is 0 Å². The second-order valence-corrected chi connectivity index (χ2v) is 5.32. The maximum atomic E-state index is 5.88. The lowest BCUT2D eigenvalue weighted by Crippen LogP contribution is -2.33. The number of hydrogen-bond acceptors (Lipinski definition) is 3. The van der Waals surface area contributed by atoms with E-state index >= 15 is 0 Å². The van der Waals surface area contributed by atoms with E-state index in [2.05, 4.69) is 56.1 Å². The van der Waals surface area contributed by atoms with Crippen LogP contribution in [0.25, 0.3) is 0 Å². The van der Waals surface area contributed by atoms with Gasteiger partial charge >= 0.3 is 0 Å². The summed E-state index contributed by atoms with van der Waals surface area (Å²) in [4.78, 5) is 2.42. The zero-order chi connectivity index (χ0) is 14.8. The summed E-state index contributed by atoms with van der Waals surface area (Å²) in [6, 6.07) is 8.32. The number of likely N-dealkylation sites (N-methyl/N-ethyl adjacent to an activating group) is 1. The van der Waals surface area contributed by atoms with Crippen molar-refractivity contribution >= 4 is 0 Å². The first kappa shape index (κ1) is 17.0. The van der Waals surface area contributed by atoms with Crippen LogP contribution < -0.4 is 10.1 Å². The fourth-order valence-corrected chi connectivity index (χ4v) is 2.22. The van der Waals surface area contributed by atoms with E-state index in [1.807, 2.05) is 6.07 Å². The summed E-state index contributed by atoms with van der Waals surface area (Å²) >= 11 is 0. The highest BCUT2D eigenvalue weighted by Crippen LogP contribution is 2.25. The molecule has 0 amide bonds. The van der Waals surface area contributed by atoms with Gasteiger partial charge in [-0.05, 0) is 30.6 Å². The van der Waals surface area contributed by atoms with Crippen LogP contribution in [-0.2, 0) is 0 Å². The molecule has 1 N–H and O–H groups in total. The predicted octanol–water partition coefficient (Wildman–Crippen LogP) is 3.12. The van der Waals surface area contributed by atoms with Crippen LogP contribution in [0.4, 0.5) is 0 Å². The van der Waals surface area contributed by atoms with E-state index in [1.165, 1.54) is 5.56 Å². The minimum absolute atomic E-state index is 0.502. The maximum Gasteiger partial charge on any atom is 0.122 e. The minimum atomic E-state index is 0.502. The molecule has 114 valence electrons. The molecule has 0 aliphatic rings. The molecule has 0 heterocycles. The summed E-state index contributed by atoms with van der Waals surface area (Å²) in [7, 11) is 0. The summed E-state index contributed by atoms with van der Waals surface area (Å²) in [6.45, 7) is 14.8. The van der Waals surface area contributed by atoms with Gasteiger partial charge in [0, 0.05) is 19.6 Å². The number of rotatable bonds is 10. The Morgan fingerprint density at radius 3 is 2.45 bits per heavy atom. The van der Waals surface area contributed by atoms with Crippen molar-refractivity contribution in [3.63, 3.8) is 0 Å². The van der Waals surface area contributed by atoms with Crippen LogP contribution in [0.3, 0.4) is 0 Å². The van der Waals surface area contributed by atoms with Crippen LogP contribution in [0.15, 0.2) is 24.3 Å². The third-order valence-electron chi connectivity index (χ3n) is 3.58. The van der Waals surface area contributed by atoms with Gasteiger partial charge < -0.3 is 15.0 Å². The highest BCUT2D eigenvalue weighted by atomic mass is 16.5. The molecule has 0 aliphatic heterocycles. The number of hydrogen-bond donors (Lipinski definition) is 1. The van der Waals surface area contributed by atoms with Crippen molar-refractivity contribution in [3.8, 4) is 5.75 Å². The molecule has 1 aromatic carbocycles. The van der Waals surface area contributed by atoms with Crippen molar-refractivity contribution < 1.29 is 4.74 Å². The lowest BCUT2D eigenvalue weighted by molar-refractivity contribution is 0.284. The molecule has 0 unspecified atom stereocenters. The first-order valence-corrected chi connectivity index (χ1v) is 7.83. The van der Waals surface area contributed by atoms with Gasteiger partial charge in [-0.3, -0.25) is 0 Å². The van der Waals surface area contributed by atoms with Crippen molar-refractivity contribution in [2.75, 3.05) is 39.3 Å². The Kier molecular flexibility index (Phi) is 8.31. The van der Waals surface area contributed by atoms with Crippen LogP contribution in [0, 0.1) is 0 Å². The van der Waals surface area contributed by atoms with Gasteiger partial charge in [0.1, 0.15) is 12.4 Å². The third kappa shape index (κ3) is 5.93. The molecule has 0 atom stereocenters. The second-order valence-electron chi connectivity index (χ2n) is 5.32. The van der Waals surface area contributed by atoms with Crippen molar-refractivity contribution in [2.24, 2.45) is 0 Å². The Labute approximate surface area is 124 Å². The van der Waals surface area contributed by atoms with Crippen LogP contribution in [0.2, 0.25) is 0 Å². The summed E-state index contributed by atoms with van der Waals surface area (Å²) in [5, 5.41) is 3.44. The summed E-state index contributed by atoms with van der Waals surface area (Å²) in [5.41, 5.74) is 1.29. The molecule has 0 fully saturated rings. The van der Waals surface area contributed by atoms with Gasteiger partial charge in [0.15, 0.2) is 0 Å². The number of para-hydroxylation sites is 1. The Hall–Kier alpha value is -1.06. The van der Waals surface area contributed by atoms with Gasteiger partial charge in [-0.2, -0.15) is 0 Å². The summed E-state index contributed by atoms with van der Waals surface area (Å²) < 4.78 is 5.88. The molecule has 0 radical (unpaired) electrons. The van der Waals surface area contributed by atoms with Crippen LogP contribution in [0.5, 0.6) is 5.75 Å². The zero-order valence-corrected chi connectivity index (χ0v) is 13.5. The fraction of sp³-hybridized carbons (Fsp3) is 0.647. The molecule has 20 heavy (non-hydrogen) atoms. The molecular formula is C17H30N2O. The van der Waals surface area contributed by atoms with E-state index < -0.39 is 0 Å². The highest BCUT2D eigenvalue weighted by molar-refractivity contribution is 5.35. The molecule has 3 nitrogen and oxygen atoms in total. The first-order valence-electron chi connectivity index (χ1n) is 7.83. The molecule has 0 bridgehead atoms. The largest absolute Gasteiger partial charge is 0.492 e. The maximum absolute atomic E-state index is 5.88. The van der Waals surface area contributed by atoms with E-state index in [4.69, 9.17) is 4.74 Å². The summed E-state index contributed by atoms with van der Waals surface area (Å²) in [5.74, 6) is 1.52. The molecule has 1 aromatic rings. The molecule has 0 aliphatic carbocycles. The normalized spacial score (nSPS) is 11.3. The highest BCUT2D eigenvalue weighted by Gasteiger charge is 2.06. The van der Waals surface area contributed by atoms with Gasteiger partial charge in [-0.25, -0.2) is 0 Å². The topological polar surface area (TPSA) is 24.5 Å². The van der Waals surface area contributed by atoms with Gasteiger partial charge in [0.25, 0.3) is 0 Å². The number of nitrogens with zero attached hydrogens (tertiary/aromatic N) is 1. The van der Waals surface area contributed by atoms with Crippen LogP contribution in [-0.4, -0.2) is 44.2 Å². The van der Waals surface area contributed by atoms with Crippen molar-refractivity contribution in [3.05, 3.63) is 29.8 Å². The van der Waals surface area contributed by atoms with Gasteiger partial charge in [0.2, 0.25) is 0 Å². The quantitative estimate of drug-likeness (QED) is 0.666. The van der Waals surface area contributed by atoms with Crippen LogP contribution in [0.1, 0.15) is 39.2 Å². The van der Waals surface area contributed by atoms with Crippen LogP contribution >= 0.6 is 0 Å². The Bertz CT molecular complexity index is 362. The SMILES string of the molecule is CCN(CC)CCNCCOc1ccccc1C(C)C. The smallest absolute Gasteiger partial charge is 0.122 e. The average Bonchev–Trinajstić information content (AvgIpc) is 2.47. The molecule has 3 heteroatoms. The molecule has 0 saturated carbocycles. The Balaban J connectivity index is 2.22. The predicted molar refractivity (Wildman–Crippen MR) is 86.7 cm³/mol. The molecular weight excluding hydrogens is 248 g/mol. The molecule has 1 rings (SSSR count). The lowest BCUT2D eigenvalue weighted by atomic mass is 10.0. The van der Waals surface area contributed by atoms with Gasteiger partial charge in [-0.15, -0.1) is 0 Å². The van der Waals surface area contributed by atoms with E-state index in [-0.39, 0.29) is 0 Å². The second kappa shape index (κ2) is 9.78. The Morgan fingerprint density at radius 1 is 1.10 bits per heavy atom. The van der Waals surface area contributed by atoms with E-state index in [1.54, 1.807) is 0 Å². The average molecular weight is 278 g/mol. The molecule has 0 spiro atoms. The standard InChI is InChI=1S/C17H30N2O/c1-5-19(6-2)13-11-18-12-14-20-17-10-8-7-9-16(17)15(3)4/h7-10,15,18H,5-6,11-14H2,1-4H3. The number of nitrogens with one attached hydrogen (secondary N) is 1. The minimum Gasteiger partial charge on any atom is -0.492 e. The van der Waals surface area contributed by atoms with E-state index in [0.29, 0.717) is 5.92 Å². The summed E-state index contributed by atoms with van der Waals surface area (Å²) in [6.07, 6.45) is 0. The molecule has 0 saturated heterocycles. The first-order chi connectivity index (χ1) is 9.69. The van der Waals surface area contributed by atoms with Crippen molar-refractivity contribution in [2.45, 2.75) is 33.6 Å². The van der Waals surface area contributed by atoms with Gasteiger partial charge in [-0.1, -0.05) is 45.9 Å². The third-order valence-corrected chi connectivity index (χ3v) is 3.58. The van der Waals surface area contributed by atoms with Gasteiger partial charge in [0.05, 0.1) is 0 Å². The van der Waals surface area contributed by atoms with Crippen molar-refractivity contribution in [1.82, 2.24) is 10.2 Å². The van der Waals surface area contributed by atoms with E-state index in [0.717, 1.165) is 45.1 Å². The lowest BCUT2D eigenvalue weighted by Gasteiger charge is -2.18. The molecule has 0 aromatic heterocycles. The zero-order valence-electron chi connectivity index (χ0n) is 13.5.